The fourth-order valence-corrected chi connectivity index (χ4v) is 2.68. The van der Waals surface area contributed by atoms with Crippen molar-refractivity contribution in [2.24, 2.45) is 0 Å². The summed E-state index contributed by atoms with van der Waals surface area (Å²) in [6.07, 6.45) is 0. The van der Waals surface area contributed by atoms with E-state index >= 15 is 0 Å². The number of nitrogens with one attached hydrogen (secondary N) is 2. The molecule has 0 saturated carbocycles. The van der Waals surface area contributed by atoms with E-state index in [2.05, 4.69) is 15.5 Å². The third kappa shape index (κ3) is 3.74. The molecule has 1 aliphatic rings. The Hall–Kier alpha value is -2.69. The molecule has 2 N–H and O–H groups in total. The van der Waals surface area contributed by atoms with Crippen LogP contribution in [0.5, 0.6) is 5.75 Å². The lowest BCUT2D eigenvalue weighted by atomic mass is 10.2. The van der Waals surface area contributed by atoms with Crippen molar-refractivity contribution < 1.29 is 9.53 Å². The molecule has 0 atom stereocenters. The highest BCUT2D eigenvalue weighted by molar-refractivity contribution is 5.95. The standard InChI is InChI=1S/C18H21N3O2/c1-2-23-15-9-7-14(8-10-15)20-18(22)13-21-12-11-19-16-5-3-4-6-17(16)21/h3-10,19H,2,11-13H2,1H3,(H,20,22). The molecule has 0 radical (unpaired) electrons. The van der Waals surface area contributed by atoms with Crippen LogP contribution < -0.4 is 20.3 Å². The Balaban J connectivity index is 1.62. The highest BCUT2D eigenvalue weighted by Crippen LogP contribution is 2.28. The molecule has 3 rings (SSSR count). The number of anilines is 3. The van der Waals surface area contributed by atoms with Crippen LogP contribution in [0.4, 0.5) is 17.1 Å². The number of amides is 1. The Morgan fingerprint density at radius 1 is 1.22 bits per heavy atom. The van der Waals surface area contributed by atoms with Crippen molar-refractivity contribution in [3.05, 3.63) is 48.5 Å². The Bertz CT molecular complexity index is 670. The summed E-state index contributed by atoms with van der Waals surface area (Å²) in [5.74, 6) is 0.785. The number of fused-ring (bicyclic) bond motifs is 1. The SMILES string of the molecule is CCOc1ccc(NC(=O)CN2CCNc3ccccc32)cc1. The van der Waals surface area contributed by atoms with Gasteiger partial charge in [-0.3, -0.25) is 4.79 Å². The fourth-order valence-electron chi connectivity index (χ4n) is 2.68. The van der Waals surface area contributed by atoms with Gasteiger partial charge in [-0.05, 0) is 43.3 Å². The van der Waals surface area contributed by atoms with E-state index in [1.54, 1.807) is 0 Å². The largest absolute Gasteiger partial charge is 0.494 e. The molecule has 0 spiro atoms. The average molecular weight is 311 g/mol. The minimum atomic E-state index is -0.0223. The second kappa shape index (κ2) is 7.05. The third-order valence-electron chi connectivity index (χ3n) is 3.73. The van der Waals surface area contributed by atoms with Crippen molar-refractivity contribution in [2.75, 3.05) is 41.8 Å². The molecule has 1 aliphatic heterocycles. The van der Waals surface area contributed by atoms with Crippen LogP contribution in [-0.4, -0.2) is 32.1 Å². The molecule has 0 unspecified atom stereocenters. The molecule has 0 bridgehead atoms. The van der Waals surface area contributed by atoms with Crippen LogP contribution in [0.15, 0.2) is 48.5 Å². The maximum absolute atomic E-state index is 12.3. The van der Waals surface area contributed by atoms with Crippen LogP contribution in [0.25, 0.3) is 0 Å². The van der Waals surface area contributed by atoms with Crippen LogP contribution in [0.1, 0.15) is 6.92 Å². The van der Waals surface area contributed by atoms with Gasteiger partial charge in [-0.2, -0.15) is 0 Å². The summed E-state index contributed by atoms with van der Waals surface area (Å²) in [4.78, 5) is 14.4. The van der Waals surface area contributed by atoms with Gasteiger partial charge in [0.25, 0.3) is 0 Å². The van der Waals surface area contributed by atoms with Gasteiger partial charge in [0, 0.05) is 18.8 Å². The maximum Gasteiger partial charge on any atom is 0.243 e. The van der Waals surface area contributed by atoms with Crippen LogP contribution in [0.2, 0.25) is 0 Å². The van der Waals surface area contributed by atoms with Gasteiger partial charge in [0.05, 0.1) is 24.5 Å². The summed E-state index contributed by atoms with van der Waals surface area (Å²) in [6, 6.07) is 15.5. The smallest absolute Gasteiger partial charge is 0.243 e. The van der Waals surface area contributed by atoms with Crippen LogP contribution in [0, 0.1) is 0 Å². The second-order valence-corrected chi connectivity index (χ2v) is 5.37. The van der Waals surface area contributed by atoms with Crippen molar-refractivity contribution in [3.63, 3.8) is 0 Å². The summed E-state index contributed by atoms with van der Waals surface area (Å²) in [7, 11) is 0. The summed E-state index contributed by atoms with van der Waals surface area (Å²) in [6.45, 7) is 4.57. The molecule has 23 heavy (non-hydrogen) atoms. The second-order valence-electron chi connectivity index (χ2n) is 5.37. The van der Waals surface area contributed by atoms with Crippen molar-refractivity contribution in [1.29, 1.82) is 0 Å². The first-order chi connectivity index (χ1) is 11.3. The highest BCUT2D eigenvalue weighted by Gasteiger charge is 2.18. The highest BCUT2D eigenvalue weighted by atomic mass is 16.5. The molecule has 0 saturated heterocycles. The quantitative estimate of drug-likeness (QED) is 0.891. The number of hydrogen-bond donors (Lipinski definition) is 2. The molecular weight excluding hydrogens is 290 g/mol. The van der Waals surface area contributed by atoms with E-state index in [0.29, 0.717) is 13.2 Å². The first-order valence-electron chi connectivity index (χ1n) is 7.87. The van der Waals surface area contributed by atoms with Gasteiger partial charge in [-0.25, -0.2) is 0 Å². The first-order valence-corrected chi connectivity index (χ1v) is 7.87. The number of carbonyl (C=O) groups is 1. The summed E-state index contributed by atoms with van der Waals surface area (Å²) >= 11 is 0. The zero-order chi connectivity index (χ0) is 16.1. The van der Waals surface area contributed by atoms with Crippen molar-refractivity contribution in [2.45, 2.75) is 6.92 Å². The van der Waals surface area contributed by atoms with E-state index in [-0.39, 0.29) is 5.91 Å². The lowest BCUT2D eigenvalue weighted by molar-refractivity contribution is -0.115. The third-order valence-corrected chi connectivity index (χ3v) is 3.73. The van der Waals surface area contributed by atoms with Crippen molar-refractivity contribution >= 4 is 23.0 Å². The first kappa shape index (κ1) is 15.2. The number of ether oxygens (including phenoxy) is 1. The number of nitrogens with zero attached hydrogens (tertiary/aromatic N) is 1. The van der Waals surface area contributed by atoms with E-state index in [4.69, 9.17) is 4.74 Å². The van der Waals surface area contributed by atoms with Crippen molar-refractivity contribution in [3.8, 4) is 5.75 Å². The van der Waals surface area contributed by atoms with Gasteiger partial charge < -0.3 is 20.3 Å². The zero-order valence-electron chi connectivity index (χ0n) is 13.2. The zero-order valence-corrected chi connectivity index (χ0v) is 13.2. The van der Waals surface area contributed by atoms with Gasteiger partial charge in [0.2, 0.25) is 5.91 Å². The summed E-state index contributed by atoms with van der Waals surface area (Å²) in [5.41, 5.74) is 2.93. The number of benzene rings is 2. The fraction of sp³-hybridized carbons (Fsp3) is 0.278. The van der Waals surface area contributed by atoms with E-state index in [9.17, 15) is 4.79 Å². The Labute approximate surface area is 136 Å². The predicted octanol–water partition coefficient (Wildman–Crippen LogP) is 2.96. The Kier molecular flexibility index (Phi) is 4.66. The maximum atomic E-state index is 12.3. The molecule has 1 heterocycles. The Morgan fingerprint density at radius 3 is 2.78 bits per heavy atom. The topological polar surface area (TPSA) is 53.6 Å². The summed E-state index contributed by atoms with van der Waals surface area (Å²) < 4.78 is 5.40. The van der Waals surface area contributed by atoms with Gasteiger partial charge in [0.15, 0.2) is 0 Å². The van der Waals surface area contributed by atoms with E-state index in [1.165, 1.54) is 0 Å². The molecule has 2 aromatic rings. The molecule has 0 aromatic heterocycles. The van der Waals surface area contributed by atoms with E-state index in [1.807, 2.05) is 55.5 Å². The number of para-hydroxylation sites is 2. The monoisotopic (exact) mass is 311 g/mol. The molecule has 5 heteroatoms. The number of rotatable bonds is 5. The predicted molar refractivity (Wildman–Crippen MR) is 93.4 cm³/mol. The van der Waals surface area contributed by atoms with E-state index < -0.39 is 0 Å². The Morgan fingerprint density at radius 2 is 2.00 bits per heavy atom. The van der Waals surface area contributed by atoms with E-state index in [0.717, 1.165) is 35.9 Å². The minimum absolute atomic E-state index is 0.0223. The van der Waals surface area contributed by atoms with Crippen molar-refractivity contribution in [1.82, 2.24) is 0 Å². The lowest BCUT2D eigenvalue weighted by Gasteiger charge is -2.31. The molecule has 1 amide bonds. The summed E-state index contributed by atoms with van der Waals surface area (Å²) in [5, 5.41) is 6.28. The van der Waals surface area contributed by atoms with Crippen LogP contribution in [0.3, 0.4) is 0 Å². The van der Waals surface area contributed by atoms with Crippen LogP contribution in [-0.2, 0) is 4.79 Å². The molecule has 5 nitrogen and oxygen atoms in total. The van der Waals surface area contributed by atoms with Gasteiger partial charge in [-0.15, -0.1) is 0 Å². The van der Waals surface area contributed by atoms with Gasteiger partial charge in [-0.1, -0.05) is 12.1 Å². The number of hydrogen-bond acceptors (Lipinski definition) is 4. The molecule has 0 fully saturated rings. The normalized spacial score (nSPS) is 13.0. The molecule has 2 aromatic carbocycles. The number of carbonyl (C=O) groups excluding carboxylic acids is 1. The molecular formula is C18H21N3O2. The molecule has 0 aliphatic carbocycles. The van der Waals surface area contributed by atoms with Crippen LogP contribution >= 0.6 is 0 Å². The van der Waals surface area contributed by atoms with Gasteiger partial charge >= 0.3 is 0 Å². The average Bonchev–Trinajstić information content (AvgIpc) is 2.57. The molecule has 120 valence electrons. The minimum Gasteiger partial charge on any atom is -0.494 e. The lowest BCUT2D eigenvalue weighted by Crippen LogP contribution is -2.39. The van der Waals surface area contributed by atoms with Gasteiger partial charge in [0.1, 0.15) is 5.75 Å².